The topological polar surface area (TPSA) is 58.6 Å². The van der Waals surface area contributed by atoms with Gasteiger partial charge < -0.3 is 15.2 Å². The number of ether oxygens (including phenoxy) is 1. The van der Waals surface area contributed by atoms with Crippen molar-refractivity contribution in [2.75, 3.05) is 13.7 Å². The van der Waals surface area contributed by atoms with Crippen LogP contribution < -0.4 is 5.32 Å². The molecule has 0 aliphatic heterocycles. The van der Waals surface area contributed by atoms with Gasteiger partial charge in [-0.3, -0.25) is 0 Å². The predicted octanol–water partition coefficient (Wildman–Crippen LogP) is 2.79. The van der Waals surface area contributed by atoms with Crippen LogP contribution in [0.2, 0.25) is 5.02 Å². The maximum Gasteiger partial charge on any atom is 0.406 e. The predicted molar refractivity (Wildman–Crippen MR) is 66.0 cm³/mol. The molecule has 1 amide bonds. The SMILES string of the molecule is COC(=O)NCCCC(O)c1ccc(F)c(Cl)c1F. The molecule has 0 fully saturated rings. The third kappa shape index (κ3) is 4.33. The van der Waals surface area contributed by atoms with Crippen LogP contribution in [0.15, 0.2) is 12.1 Å². The first kappa shape index (κ1) is 15.7. The van der Waals surface area contributed by atoms with E-state index in [2.05, 4.69) is 10.1 Å². The molecule has 0 heterocycles. The van der Waals surface area contributed by atoms with Gasteiger partial charge >= 0.3 is 6.09 Å². The molecule has 1 aromatic carbocycles. The van der Waals surface area contributed by atoms with Gasteiger partial charge in [0.05, 0.1) is 13.2 Å². The number of aliphatic hydroxyl groups excluding tert-OH is 1. The van der Waals surface area contributed by atoms with Crippen molar-refractivity contribution in [1.82, 2.24) is 5.32 Å². The number of amides is 1. The maximum absolute atomic E-state index is 13.6. The highest BCUT2D eigenvalue weighted by Gasteiger charge is 2.17. The highest BCUT2D eigenvalue weighted by atomic mass is 35.5. The zero-order chi connectivity index (χ0) is 14.4. The summed E-state index contributed by atoms with van der Waals surface area (Å²) in [4.78, 5) is 10.7. The van der Waals surface area contributed by atoms with Crippen molar-refractivity contribution in [3.63, 3.8) is 0 Å². The van der Waals surface area contributed by atoms with Gasteiger partial charge in [-0.2, -0.15) is 0 Å². The number of alkyl carbamates (subject to hydrolysis) is 1. The molecule has 0 aliphatic rings. The maximum atomic E-state index is 13.6. The summed E-state index contributed by atoms with van der Waals surface area (Å²) in [6.07, 6.45) is -1.09. The summed E-state index contributed by atoms with van der Waals surface area (Å²) in [5.41, 5.74) is -0.0653. The lowest BCUT2D eigenvalue weighted by atomic mass is 10.0. The van der Waals surface area contributed by atoms with E-state index in [4.69, 9.17) is 11.6 Å². The quantitative estimate of drug-likeness (QED) is 0.648. The zero-order valence-corrected chi connectivity index (χ0v) is 11.0. The molecule has 1 unspecified atom stereocenters. The lowest BCUT2D eigenvalue weighted by Gasteiger charge is -2.13. The Hall–Kier alpha value is -1.40. The fourth-order valence-corrected chi connectivity index (χ4v) is 1.68. The molecule has 0 spiro atoms. The van der Waals surface area contributed by atoms with Gasteiger partial charge in [-0.05, 0) is 18.9 Å². The standard InChI is InChI=1S/C12H14ClF2NO3/c1-19-12(18)16-6-2-3-9(17)7-4-5-8(14)10(13)11(7)15/h4-5,9,17H,2-3,6H2,1H3,(H,16,18). The van der Waals surface area contributed by atoms with Crippen LogP contribution in [0.3, 0.4) is 0 Å². The largest absolute Gasteiger partial charge is 0.453 e. The Morgan fingerprint density at radius 1 is 1.53 bits per heavy atom. The van der Waals surface area contributed by atoms with Gasteiger partial charge in [0.15, 0.2) is 5.82 Å². The summed E-state index contributed by atoms with van der Waals surface area (Å²) in [7, 11) is 1.24. The van der Waals surface area contributed by atoms with Crippen molar-refractivity contribution in [3.05, 3.63) is 34.4 Å². The smallest absolute Gasteiger partial charge is 0.406 e. The number of methoxy groups -OCH3 is 1. The second-order valence-corrected chi connectivity index (χ2v) is 4.22. The molecule has 0 radical (unpaired) electrons. The van der Waals surface area contributed by atoms with E-state index in [9.17, 15) is 18.7 Å². The molecule has 0 bridgehead atoms. The number of rotatable bonds is 5. The monoisotopic (exact) mass is 293 g/mol. The second kappa shape index (κ2) is 7.25. The fraction of sp³-hybridized carbons (Fsp3) is 0.417. The van der Waals surface area contributed by atoms with E-state index in [1.54, 1.807) is 0 Å². The Labute approximate surface area is 114 Å². The van der Waals surface area contributed by atoms with Crippen LogP contribution in [0, 0.1) is 11.6 Å². The normalized spacial score (nSPS) is 12.1. The molecule has 0 aromatic heterocycles. The van der Waals surface area contributed by atoms with Gasteiger partial charge in [-0.15, -0.1) is 0 Å². The first-order valence-corrected chi connectivity index (χ1v) is 5.98. The van der Waals surface area contributed by atoms with E-state index in [-0.39, 0.29) is 18.5 Å². The molecule has 19 heavy (non-hydrogen) atoms. The van der Waals surface area contributed by atoms with Gasteiger partial charge in [-0.1, -0.05) is 17.7 Å². The zero-order valence-electron chi connectivity index (χ0n) is 10.3. The van der Waals surface area contributed by atoms with Crippen LogP contribution in [-0.4, -0.2) is 24.9 Å². The molecule has 7 heteroatoms. The molecular weight excluding hydrogens is 280 g/mol. The number of carbonyl (C=O) groups excluding carboxylic acids is 1. The molecule has 0 saturated heterocycles. The third-order valence-electron chi connectivity index (χ3n) is 2.53. The summed E-state index contributed by atoms with van der Waals surface area (Å²) in [5, 5.41) is 11.6. The number of aliphatic hydroxyl groups is 1. The van der Waals surface area contributed by atoms with E-state index in [1.807, 2.05) is 0 Å². The van der Waals surface area contributed by atoms with Crippen molar-refractivity contribution in [2.24, 2.45) is 0 Å². The Bertz CT molecular complexity index is 457. The van der Waals surface area contributed by atoms with Crippen molar-refractivity contribution in [1.29, 1.82) is 0 Å². The highest BCUT2D eigenvalue weighted by Crippen LogP contribution is 2.28. The van der Waals surface area contributed by atoms with Crippen LogP contribution in [-0.2, 0) is 4.74 Å². The first-order valence-electron chi connectivity index (χ1n) is 5.60. The number of hydrogen-bond donors (Lipinski definition) is 2. The third-order valence-corrected chi connectivity index (χ3v) is 2.88. The summed E-state index contributed by atoms with van der Waals surface area (Å²) in [6, 6.07) is 2.14. The van der Waals surface area contributed by atoms with Crippen molar-refractivity contribution >= 4 is 17.7 Å². The summed E-state index contributed by atoms with van der Waals surface area (Å²) in [6.45, 7) is 0.278. The van der Waals surface area contributed by atoms with E-state index in [1.165, 1.54) is 7.11 Å². The van der Waals surface area contributed by atoms with Crippen LogP contribution in [0.4, 0.5) is 13.6 Å². The molecule has 2 N–H and O–H groups in total. The van der Waals surface area contributed by atoms with Gasteiger partial charge in [0.25, 0.3) is 0 Å². The molecular formula is C12H14ClF2NO3. The fourth-order valence-electron chi connectivity index (χ4n) is 1.51. The Morgan fingerprint density at radius 2 is 2.21 bits per heavy atom. The van der Waals surface area contributed by atoms with Crippen LogP contribution >= 0.6 is 11.6 Å². The number of benzene rings is 1. The van der Waals surface area contributed by atoms with E-state index in [0.717, 1.165) is 12.1 Å². The Kier molecular flexibility index (Phi) is 5.98. The molecule has 0 aliphatic carbocycles. The molecule has 4 nitrogen and oxygen atoms in total. The molecule has 0 saturated carbocycles. The average Bonchev–Trinajstić information content (AvgIpc) is 2.40. The lowest BCUT2D eigenvalue weighted by Crippen LogP contribution is -2.24. The minimum Gasteiger partial charge on any atom is -0.453 e. The van der Waals surface area contributed by atoms with Crippen molar-refractivity contribution in [3.8, 4) is 0 Å². The van der Waals surface area contributed by atoms with Crippen LogP contribution in [0.25, 0.3) is 0 Å². The van der Waals surface area contributed by atoms with E-state index in [0.29, 0.717) is 6.42 Å². The van der Waals surface area contributed by atoms with E-state index >= 15 is 0 Å². The molecule has 1 atom stereocenters. The van der Waals surface area contributed by atoms with E-state index < -0.39 is 28.9 Å². The highest BCUT2D eigenvalue weighted by molar-refractivity contribution is 6.30. The van der Waals surface area contributed by atoms with Gasteiger partial charge in [0.2, 0.25) is 0 Å². The summed E-state index contributed by atoms with van der Waals surface area (Å²) < 4.78 is 30.9. The van der Waals surface area contributed by atoms with Crippen LogP contribution in [0.1, 0.15) is 24.5 Å². The first-order chi connectivity index (χ1) is 8.97. The molecule has 106 valence electrons. The van der Waals surface area contributed by atoms with Gasteiger partial charge in [0.1, 0.15) is 10.8 Å². The molecule has 1 rings (SSSR count). The van der Waals surface area contributed by atoms with Gasteiger partial charge in [-0.25, -0.2) is 13.6 Å². The number of carbonyl (C=O) groups is 1. The van der Waals surface area contributed by atoms with Crippen molar-refractivity contribution in [2.45, 2.75) is 18.9 Å². The van der Waals surface area contributed by atoms with Crippen LogP contribution in [0.5, 0.6) is 0 Å². The number of nitrogens with one attached hydrogen (secondary N) is 1. The summed E-state index contributed by atoms with van der Waals surface area (Å²) in [5.74, 6) is -1.84. The second-order valence-electron chi connectivity index (χ2n) is 3.84. The Balaban J connectivity index is 2.52. The summed E-state index contributed by atoms with van der Waals surface area (Å²) >= 11 is 5.41. The van der Waals surface area contributed by atoms with Gasteiger partial charge in [0, 0.05) is 12.1 Å². The number of hydrogen-bond acceptors (Lipinski definition) is 3. The lowest BCUT2D eigenvalue weighted by molar-refractivity contribution is 0.155. The number of halogens is 3. The minimum atomic E-state index is -1.11. The molecule has 1 aromatic rings. The van der Waals surface area contributed by atoms with Crippen molar-refractivity contribution < 1.29 is 23.4 Å². The average molecular weight is 294 g/mol. The Morgan fingerprint density at radius 3 is 2.84 bits per heavy atom. The minimum absolute atomic E-state index is 0.0653.